The Labute approximate surface area is 116 Å². The number of aromatic nitrogens is 2. The number of rotatable bonds is 7. The molecule has 0 aliphatic rings. The van der Waals surface area contributed by atoms with Crippen LogP contribution in [0.3, 0.4) is 0 Å². The number of anilines is 1. The average Bonchev–Trinajstić information content (AvgIpc) is 2.86. The summed E-state index contributed by atoms with van der Waals surface area (Å²) < 4.78 is 11.2. The molecule has 102 valence electrons. The zero-order chi connectivity index (χ0) is 13.5. The second kappa shape index (κ2) is 6.94. The van der Waals surface area contributed by atoms with Crippen LogP contribution in [0.15, 0.2) is 24.3 Å². The standard InChI is InChI=1S/C13H17N3O2S/c1-3-14-13-16-15-12(19-13)9-18-11-8-6-5-7-10(11)17-4-2/h5-8H,3-4,9H2,1-2H3,(H,14,16). The normalized spacial score (nSPS) is 10.2. The van der Waals surface area contributed by atoms with Crippen LogP contribution in [0.4, 0.5) is 5.13 Å². The van der Waals surface area contributed by atoms with E-state index in [4.69, 9.17) is 9.47 Å². The van der Waals surface area contributed by atoms with E-state index >= 15 is 0 Å². The molecule has 1 heterocycles. The topological polar surface area (TPSA) is 56.3 Å². The van der Waals surface area contributed by atoms with Gasteiger partial charge in [0.25, 0.3) is 0 Å². The summed E-state index contributed by atoms with van der Waals surface area (Å²) in [5, 5.41) is 12.9. The highest BCUT2D eigenvalue weighted by Crippen LogP contribution is 2.27. The molecule has 19 heavy (non-hydrogen) atoms. The maximum atomic E-state index is 5.72. The fourth-order valence-electron chi connectivity index (χ4n) is 1.52. The van der Waals surface area contributed by atoms with Gasteiger partial charge in [0.2, 0.25) is 5.13 Å². The van der Waals surface area contributed by atoms with E-state index < -0.39 is 0 Å². The largest absolute Gasteiger partial charge is 0.490 e. The van der Waals surface area contributed by atoms with Gasteiger partial charge in [0.05, 0.1) is 6.61 Å². The third kappa shape index (κ3) is 3.82. The van der Waals surface area contributed by atoms with E-state index in [9.17, 15) is 0 Å². The fraction of sp³-hybridized carbons (Fsp3) is 0.385. The van der Waals surface area contributed by atoms with Gasteiger partial charge in [0, 0.05) is 6.54 Å². The van der Waals surface area contributed by atoms with Gasteiger partial charge in [-0.05, 0) is 26.0 Å². The average molecular weight is 279 g/mol. The van der Waals surface area contributed by atoms with E-state index in [1.54, 1.807) is 0 Å². The first-order chi connectivity index (χ1) is 9.33. The molecule has 1 aromatic heterocycles. The molecule has 0 radical (unpaired) electrons. The summed E-state index contributed by atoms with van der Waals surface area (Å²) in [7, 11) is 0. The van der Waals surface area contributed by atoms with Crippen LogP contribution in [0.5, 0.6) is 11.5 Å². The molecule has 1 aromatic carbocycles. The Balaban J connectivity index is 1.97. The lowest BCUT2D eigenvalue weighted by Crippen LogP contribution is -1.99. The second-order valence-electron chi connectivity index (χ2n) is 3.70. The summed E-state index contributed by atoms with van der Waals surface area (Å²) >= 11 is 1.50. The highest BCUT2D eigenvalue weighted by molar-refractivity contribution is 7.15. The Morgan fingerprint density at radius 2 is 1.84 bits per heavy atom. The van der Waals surface area contributed by atoms with Crippen molar-refractivity contribution in [3.05, 3.63) is 29.3 Å². The third-order valence-corrected chi connectivity index (χ3v) is 3.15. The van der Waals surface area contributed by atoms with E-state index in [2.05, 4.69) is 15.5 Å². The predicted octanol–water partition coefficient (Wildman–Crippen LogP) is 2.95. The quantitative estimate of drug-likeness (QED) is 0.844. The first-order valence-corrected chi connectivity index (χ1v) is 7.06. The minimum absolute atomic E-state index is 0.396. The van der Waals surface area contributed by atoms with Crippen LogP contribution >= 0.6 is 11.3 Å². The van der Waals surface area contributed by atoms with Crippen molar-refractivity contribution >= 4 is 16.5 Å². The Morgan fingerprint density at radius 3 is 2.53 bits per heavy atom. The van der Waals surface area contributed by atoms with Crippen LogP contribution in [0.2, 0.25) is 0 Å². The lowest BCUT2D eigenvalue weighted by Gasteiger charge is -2.09. The molecule has 6 heteroatoms. The van der Waals surface area contributed by atoms with Gasteiger partial charge in [-0.1, -0.05) is 23.5 Å². The number of nitrogens with zero attached hydrogens (tertiary/aromatic N) is 2. The van der Waals surface area contributed by atoms with Gasteiger partial charge in [0.1, 0.15) is 6.61 Å². The van der Waals surface area contributed by atoms with Crippen molar-refractivity contribution in [3.8, 4) is 11.5 Å². The van der Waals surface area contributed by atoms with Crippen molar-refractivity contribution in [2.75, 3.05) is 18.5 Å². The summed E-state index contributed by atoms with van der Waals surface area (Å²) in [6.45, 7) is 5.82. The number of benzene rings is 1. The molecule has 0 aliphatic carbocycles. The third-order valence-electron chi connectivity index (χ3n) is 2.29. The summed E-state index contributed by atoms with van der Waals surface area (Å²) in [5.74, 6) is 1.48. The smallest absolute Gasteiger partial charge is 0.205 e. The molecule has 0 unspecified atom stereocenters. The Bertz CT molecular complexity index is 516. The van der Waals surface area contributed by atoms with Crippen molar-refractivity contribution in [3.63, 3.8) is 0 Å². The van der Waals surface area contributed by atoms with E-state index in [-0.39, 0.29) is 0 Å². The van der Waals surface area contributed by atoms with Crippen molar-refractivity contribution in [2.24, 2.45) is 0 Å². The van der Waals surface area contributed by atoms with Crippen LogP contribution < -0.4 is 14.8 Å². The zero-order valence-electron chi connectivity index (χ0n) is 11.0. The first kappa shape index (κ1) is 13.6. The maximum Gasteiger partial charge on any atom is 0.205 e. The summed E-state index contributed by atoms with van der Waals surface area (Å²) in [6.07, 6.45) is 0. The molecule has 0 saturated carbocycles. The van der Waals surface area contributed by atoms with E-state index in [0.717, 1.165) is 28.2 Å². The molecular weight excluding hydrogens is 262 g/mol. The Morgan fingerprint density at radius 1 is 1.11 bits per heavy atom. The van der Waals surface area contributed by atoms with Gasteiger partial charge in [-0.2, -0.15) is 0 Å². The highest BCUT2D eigenvalue weighted by atomic mass is 32.1. The lowest BCUT2D eigenvalue weighted by atomic mass is 10.3. The van der Waals surface area contributed by atoms with Gasteiger partial charge in [-0.25, -0.2) is 0 Å². The summed E-state index contributed by atoms with van der Waals surface area (Å²) in [6, 6.07) is 7.62. The van der Waals surface area contributed by atoms with E-state index in [0.29, 0.717) is 13.2 Å². The summed E-state index contributed by atoms with van der Waals surface area (Å²) in [5.41, 5.74) is 0. The van der Waals surface area contributed by atoms with Crippen LogP contribution in [-0.2, 0) is 6.61 Å². The molecule has 5 nitrogen and oxygen atoms in total. The molecule has 0 fully saturated rings. The monoisotopic (exact) mass is 279 g/mol. The number of nitrogens with one attached hydrogen (secondary N) is 1. The minimum Gasteiger partial charge on any atom is -0.490 e. The molecule has 0 spiro atoms. The molecular formula is C13H17N3O2S. The molecule has 0 amide bonds. The molecule has 2 aromatic rings. The summed E-state index contributed by atoms with van der Waals surface area (Å²) in [4.78, 5) is 0. The zero-order valence-corrected chi connectivity index (χ0v) is 11.9. The molecule has 0 bridgehead atoms. The number of hydrogen-bond acceptors (Lipinski definition) is 6. The number of para-hydroxylation sites is 2. The van der Waals surface area contributed by atoms with Crippen LogP contribution in [0.25, 0.3) is 0 Å². The van der Waals surface area contributed by atoms with Crippen LogP contribution in [0.1, 0.15) is 18.9 Å². The first-order valence-electron chi connectivity index (χ1n) is 6.24. The molecule has 1 N–H and O–H groups in total. The highest BCUT2D eigenvalue weighted by Gasteiger charge is 2.07. The lowest BCUT2D eigenvalue weighted by molar-refractivity contribution is 0.268. The number of ether oxygens (including phenoxy) is 2. The Hall–Kier alpha value is -1.82. The number of hydrogen-bond donors (Lipinski definition) is 1. The minimum atomic E-state index is 0.396. The molecule has 0 aliphatic heterocycles. The van der Waals surface area contributed by atoms with Crippen molar-refractivity contribution in [1.29, 1.82) is 0 Å². The maximum absolute atomic E-state index is 5.72. The van der Waals surface area contributed by atoms with Gasteiger partial charge in [0.15, 0.2) is 16.5 Å². The van der Waals surface area contributed by atoms with Gasteiger partial charge >= 0.3 is 0 Å². The van der Waals surface area contributed by atoms with E-state index in [1.807, 2.05) is 38.1 Å². The Kier molecular flexibility index (Phi) is 4.97. The van der Waals surface area contributed by atoms with Gasteiger partial charge in [-0.3, -0.25) is 0 Å². The van der Waals surface area contributed by atoms with E-state index in [1.165, 1.54) is 11.3 Å². The molecule has 2 rings (SSSR count). The van der Waals surface area contributed by atoms with Crippen LogP contribution in [-0.4, -0.2) is 23.3 Å². The van der Waals surface area contributed by atoms with Crippen molar-refractivity contribution < 1.29 is 9.47 Å². The predicted molar refractivity (Wildman–Crippen MR) is 76.0 cm³/mol. The fourth-order valence-corrected chi connectivity index (χ4v) is 2.24. The molecule has 0 saturated heterocycles. The SMILES string of the molecule is CCNc1nnc(COc2ccccc2OCC)s1. The van der Waals surface area contributed by atoms with Gasteiger partial charge < -0.3 is 14.8 Å². The van der Waals surface area contributed by atoms with Gasteiger partial charge in [-0.15, -0.1) is 10.2 Å². The second-order valence-corrected chi connectivity index (χ2v) is 4.76. The molecule has 0 atom stereocenters. The van der Waals surface area contributed by atoms with Crippen molar-refractivity contribution in [2.45, 2.75) is 20.5 Å². The van der Waals surface area contributed by atoms with Crippen LogP contribution in [0, 0.1) is 0 Å². The van der Waals surface area contributed by atoms with Crippen molar-refractivity contribution in [1.82, 2.24) is 10.2 Å².